The van der Waals surface area contributed by atoms with Gasteiger partial charge in [-0.25, -0.2) is 0 Å². The van der Waals surface area contributed by atoms with Crippen LogP contribution in [0.1, 0.15) is 30.9 Å². The molecule has 0 aliphatic rings. The molecule has 0 bridgehead atoms. The predicted molar refractivity (Wildman–Crippen MR) is 95.8 cm³/mol. The fraction of sp³-hybridized carbons (Fsp3) is 0.300. The molecule has 2 aromatic carbocycles. The van der Waals surface area contributed by atoms with Gasteiger partial charge in [0, 0.05) is 6.54 Å². The van der Waals surface area contributed by atoms with E-state index in [0.29, 0.717) is 11.3 Å². The number of carboxylic acid groups (broad SMARTS) is 1. The van der Waals surface area contributed by atoms with Crippen molar-refractivity contribution >= 4 is 11.9 Å². The number of carbonyl (C=O) groups is 2. The maximum absolute atomic E-state index is 12.5. The third-order valence-corrected chi connectivity index (χ3v) is 4.49. The van der Waals surface area contributed by atoms with E-state index in [1.54, 1.807) is 51.3 Å². The second-order valence-corrected chi connectivity index (χ2v) is 6.22. The van der Waals surface area contributed by atoms with Crippen molar-refractivity contribution in [1.82, 2.24) is 5.32 Å². The Labute approximate surface area is 147 Å². The molecule has 2 unspecified atom stereocenters. The second kappa shape index (κ2) is 7.83. The maximum atomic E-state index is 12.5. The molecule has 0 fully saturated rings. The summed E-state index contributed by atoms with van der Waals surface area (Å²) in [5, 5.41) is 12.4. The van der Waals surface area contributed by atoms with Crippen molar-refractivity contribution in [3.8, 4) is 5.75 Å². The van der Waals surface area contributed by atoms with Crippen LogP contribution in [0.4, 0.5) is 0 Å². The van der Waals surface area contributed by atoms with Gasteiger partial charge in [0.25, 0.3) is 0 Å². The maximum Gasteiger partial charge on any atom is 0.315 e. The normalized spacial score (nSPS) is 14.2. The number of ether oxygens (including phenoxy) is 1. The van der Waals surface area contributed by atoms with E-state index in [2.05, 4.69) is 5.32 Å². The number of hydrogen-bond donors (Lipinski definition) is 2. The van der Waals surface area contributed by atoms with Crippen molar-refractivity contribution in [2.75, 3.05) is 13.7 Å². The topological polar surface area (TPSA) is 75.6 Å². The van der Waals surface area contributed by atoms with Crippen molar-refractivity contribution in [2.24, 2.45) is 0 Å². The first kappa shape index (κ1) is 18.5. The summed E-state index contributed by atoms with van der Waals surface area (Å²) in [6, 6.07) is 16.2. The molecule has 5 heteroatoms. The Balaban J connectivity index is 2.12. The van der Waals surface area contributed by atoms with Gasteiger partial charge >= 0.3 is 5.97 Å². The molecule has 0 aliphatic carbocycles. The summed E-state index contributed by atoms with van der Waals surface area (Å²) in [7, 11) is 1.57. The zero-order valence-corrected chi connectivity index (χ0v) is 14.7. The molecule has 2 rings (SSSR count). The zero-order valence-electron chi connectivity index (χ0n) is 14.7. The Morgan fingerprint density at radius 1 is 1.16 bits per heavy atom. The lowest BCUT2D eigenvalue weighted by molar-refractivity contribution is -0.143. The van der Waals surface area contributed by atoms with Gasteiger partial charge in [-0.15, -0.1) is 0 Å². The van der Waals surface area contributed by atoms with Gasteiger partial charge in [0.2, 0.25) is 5.91 Å². The van der Waals surface area contributed by atoms with Crippen LogP contribution in [0.15, 0.2) is 54.6 Å². The molecule has 1 amide bonds. The van der Waals surface area contributed by atoms with Crippen LogP contribution in [0.3, 0.4) is 0 Å². The van der Waals surface area contributed by atoms with Gasteiger partial charge in [0.05, 0.1) is 13.0 Å². The van der Waals surface area contributed by atoms with Crippen LogP contribution in [0.2, 0.25) is 0 Å². The Bertz CT molecular complexity index is 744. The van der Waals surface area contributed by atoms with Crippen LogP contribution in [0.5, 0.6) is 5.75 Å². The molecular formula is C20H23NO4. The summed E-state index contributed by atoms with van der Waals surface area (Å²) in [6.45, 7) is 3.41. The number of amides is 1. The van der Waals surface area contributed by atoms with Crippen molar-refractivity contribution < 1.29 is 19.4 Å². The summed E-state index contributed by atoms with van der Waals surface area (Å²) in [5.41, 5.74) is 0.274. The summed E-state index contributed by atoms with van der Waals surface area (Å²) in [6.07, 6.45) is 0. The molecule has 0 heterocycles. The Morgan fingerprint density at radius 2 is 1.84 bits per heavy atom. The van der Waals surface area contributed by atoms with Gasteiger partial charge in [-0.05, 0) is 37.1 Å². The quantitative estimate of drug-likeness (QED) is 0.812. The molecule has 0 saturated carbocycles. The summed E-state index contributed by atoms with van der Waals surface area (Å²) < 4.78 is 5.18. The highest BCUT2D eigenvalue weighted by molar-refractivity contribution is 5.86. The van der Waals surface area contributed by atoms with E-state index in [9.17, 15) is 14.7 Å². The third-order valence-electron chi connectivity index (χ3n) is 4.49. The molecule has 0 spiro atoms. The number of benzene rings is 2. The first-order valence-corrected chi connectivity index (χ1v) is 8.09. The number of nitrogens with one attached hydrogen (secondary N) is 1. The number of rotatable bonds is 7. The van der Waals surface area contributed by atoms with Crippen LogP contribution < -0.4 is 10.1 Å². The van der Waals surface area contributed by atoms with E-state index in [0.717, 1.165) is 5.56 Å². The van der Waals surface area contributed by atoms with Crippen LogP contribution >= 0.6 is 0 Å². The summed E-state index contributed by atoms with van der Waals surface area (Å²) >= 11 is 0. The summed E-state index contributed by atoms with van der Waals surface area (Å²) in [5.74, 6) is -0.939. The Morgan fingerprint density at radius 3 is 2.44 bits per heavy atom. The van der Waals surface area contributed by atoms with Crippen LogP contribution in [0.25, 0.3) is 0 Å². The SMILES string of the molecule is COc1cccc(C(C)C(=O)NCC(C)(C(=O)O)c2ccccc2)c1. The van der Waals surface area contributed by atoms with E-state index in [-0.39, 0.29) is 12.5 Å². The van der Waals surface area contributed by atoms with Crippen LogP contribution in [-0.4, -0.2) is 30.6 Å². The van der Waals surface area contributed by atoms with Gasteiger partial charge in [-0.2, -0.15) is 0 Å². The number of carbonyl (C=O) groups excluding carboxylic acids is 1. The highest BCUT2D eigenvalue weighted by atomic mass is 16.5. The average molecular weight is 341 g/mol. The highest BCUT2D eigenvalue weighted by Gasteiger charge is 2.36. The van der Waals surface area contributed by atoms with Gasteiger partial charge in [0.15, 0.2) is 0 Å². The minimum absolute atomic E-state index is 0.0134. The van der Waals surface area contributed by atoms with Crippen LogP contribution in [0, 0.1) is 0 Å². The zero-order chi connectivity index (χ0) is 18.4. The minimum Gasteiger partial charge on any atom is -0.497 e. The lowest BCUT2D eigenvalue weighted by Crippen LogP contribution is -2.45. The van der Waals surface area contributed by atoms with Crippen molar-refractivity contribution in [1.29, 1.82) is 0 Å². The molecule has 0 saturated heterocycles. The first-order chi connectivity index (χ1) is 11.9. The fourth-order valence-corrected chi connectivity index (χ4v) is 2.59. The van der Waals surface area contributed by atoms with Gasteiger partial charge in [-0.3, -0.25) is 9.59 Å². The lowest BCUT2D eigenvalue weighted by Gasteiger charge is -2.26. The second-order valence-electron chi connectivity index (χ2n) is 6.22. The van der Waals surface area contributed by atoms with Gasteiger partial charge < -0.3 is 15.2 Å². The largest absolute Gasteiger partial charge is 0.497 e. The molecule has 2 aromatic rings. The number of carboxylic acids is 1. The van der Waals surface area contributed by atoms with E-state index in [4.69, 9.17) is 4.74 Å². The smallest absolute Gasteiger partial charge is 0.315 e. The first-order valence-electron chi connectivity index (χ1n) is 8.09. The number of methoxy groups -OCH3 is 1. The number of aliphatic carboxylic acids is 1. The Kier molecular flexibility index (Phi) is 5.80. The van der Waals surface area contributed by atoms with E-state index in [1.807, 2.05) is 24.3 Å². The molecule has 2 N–H and O–H groups in total. The number of hydrogen-bond acceptors (Lipinski definition) is 3. The predicted octanol–water partition coefficient (Wildman–Crippen LogP) is 2.96. The van der Waals surface area contributed by atoms with Crippen molar-refractivity contribution in [2.45, 2.75) is 25.2 Å². The lowest BCUT2D eigenvalue weighted by atomic mass is 9.82. The fourth-order valence-electron chi connectivity index (χ4n) is 2.59. The molecule has 0 radical (unpaired) electrons. The third kappa shape index (κ3) is 4.18. The molecule has 0 aliphatic heterocycles. The van der Waals surface area contributed by atoms with Gasteiger partial charge in [-0.1, -0.05) is 42.5 Å². The standard InChI is InChI=1S/C20H23NO4/c1-14(15-8-7-11-17(12-15)25-3)18(22)21-13-20(2,19(23)24)16-9-5-4-6-10-16/h4-12,14H,13H2,1-3H3,(H,21,22)(H,23,24). The van der Waals surface area contributed by atoms with Crippen molar-refractivity contribution in [3.05, 3.63) is 65.7 Å². The van der Waals surface area contributed by atoms with Crippen molar-refractivity contribution in [3.63, 3.8) is 0 Å². The van der Waals surface area contributed by atoms with E-state index < -0.39 is 17.3 Å². The Hall–Kier alpha value is -2.82. The minimum atomic E-state index is -1.19. The monoisotopic (exact) mass is 341 g/mol. The highest BCUT2D eigenvalue weighted by Crippen LogP contribution is 2.25. The summed E-state index contributed by atoms with van der Waals surface area (Å²) in [4.78, 5) is 24.3. The van der Waals surface area contributed by atoms with E-state index >= 15 is 0 Å². The molecule has 0 aromatic heterocycles. The van der Waals surface area contributed by atoms with Gasteiger partial charge in [0.1, 0.15) is 11.2 Å². The molecule has 2 atom stereocenters. The van der Waals surface area contributed by atoms with Crippen LogP contribution in [-0.2, 0) is 15.0 Å². The molecule has 132 valence electrons. The average Bonchev–Trinajstić information content (AvgIpc) is 2.65. The molecular weight excluding hydrogens is 318 g/mol. The van der Waals surface area contributed by atoms with E-state index in [1.165, 1.54) is 0 Å². The molecule has 5 nitrogen and oxygen atoms in total. The molecule has 25 heavy (non-hydrogen) atoms.